The molecule has 1 aliphatic rings. The van der Waals surface area contributed by atoms with E-state index in [1.54, 1.807) is 0 Å². The van der Waals surface area contributed by atoms with Crippen LogP contribution in [-0.2, 0) is 6.42 Å². The molecule has 0 unspecified atom stereocenters. The van der Waals surface area contributed by atoms with Crippen molar-refractivity contribution in [2.75, 3.05) is 23.7 Å². The van der Waals surface area contributed by atoms with Crippen molar-refractivity contribution in [2.24, 2.45) is 11.8 Å². The Morgan fingerprint density at radius 2 is 1.70 bits per heavy atom. The minimum absolute atomic E-state index is 0.800. The summed E-state index contributed by atoms with van der Waals surface area (Å²) in [7, 11) is 0. The first kappa shape index (κ1) is 15.1. The molecule has 2 N–H and O–H groups in total. The molecule has 2 rings (SSSR count). The predicted molar refractivity (Wildman–Crippen MR) is 85.2 cm³/mol. The normalized spacial score (nSPS) is 22.6. The van der Waals surface area contributed by atoms with Gasteiger partial charge in [0.05, 0.1) is 0 Å². The fourth-order valence-corrected chi connectivity index (χ4v) is 2.80. The summed E-state index contributed by atoms with van der Waals surface area (Å²) in [5.74, 6) is 4.51. The van der Waals surface area contributed by atoms with E-state index in [1.807, 2.05) is 6.07 Å². The van der Waals surface area contributed by atoms with Crippen LogP contribution < -0.4 is 10.6 Å². The van der Waals surface area contributed by atoms with Gasteiger partial charge in [0.2, 0.25) is 0 Å². The van der Waals surface area contributed by atoms with Crippen molar-refractivity contribution in [3.63, 3.8) is 0 Å². The van der Waals surface area contributed by atoms with Gasteiger partial charge in [-0.05, 0) is 31.6 Å². The predicted octanol–water partition coefficient (Wildman–Crippen LogP) is 3.71. The Morgan fingerprint density at radius 1 is 1.05 bits per heavy atom. The van der Waals surface area contributed by atoms with Gasteiger partial charge in [-0.3, -0.25) is 0 Å². The summed E-state index contributed by atoms with van der Waals surface area (Å²) in [5, 5.41) is 6.79. The lowest BCUT2D eigenvalue weighted by molar-refractivity contribution is 0.300. The van der Waals surface area contributed by atoms with Crippen molar-refractivity contribution in [1.29, 1.82) is 0 Å². The summed E-state index contributed by atoms with van der Waals surface area (Å²) >= 11 is 0. The van der Waals surface area contributed by atoms with Gasteiger partial charge < -0.3 is 10.6 Å². The molecule has 1 aromatic rings. The topological polar surface area (TPSA) is 49.8 Å². The minimum atomic E-state index is 0.800. The molecule has 4 heteroatoms. The minimum Gasteiger partial charge on any atom is -0.370 e. The summed E-state index contributed by atoms with van der Waals surface area (Å²) in [6.45, 7) is 8.48. The number of hydrogen-bond donors (Lipinski definition) is 2. The van der Waals surface area contributed by atoms with Crippen LogP contribution in [0, 0.1) is 11.8 Å². The van der Waals surface area contributed by atoms with Crippen molar-refractivity contribution in [3.05, 3.63) is 11.9 Å². The zero-order chi connectivity index (χ0) is 14.4. The van der Waals surface area contributed by atoms with Crippen molar-refractivity contribution in [2.45, 2.75) is 52.9 Å². The van der Waals surface area contributed by atoms with E-state index in [9.17, 15) is 0 Å². The van der Waals surface area contributed by atoms with E-state index < -0.39 is 0 Å². The van der Waals surface area contributed by atoms with Gasteiger partial charge in [-0.15, -0.1) is 0 Å². The third kappa shape index (κ3) is 4.36. The molecule has 1 aromatic heterocycles. The van der Waals surface area contributed by atoms with E-state index in [-0.39, 0.29) is 0 Å². The third-order valence-electron chi connectivity index (χ3n) is 4.15. The van der Waals surface area contributed by atoms with Crippen molar-refractivity contribution < 1.29 is 0 Å². The molecule has 1 saturated carbocycles. The van der Waals surface area contributed by atoms with Crippen LogP contribution in [0.25, 0.3) is 0 Å². The molecule has 0 saturated heterocycles. The highest BCUT2D eigenvalue weighted by Gasteiger charge is 2.18. The molecule has 4 nitrogen and oxygen atoms in total. The van der Waals surface area contributed by atoms with Crippen LogP contribution in [0.4, 0.5) is 11.6 Å². The fraction of sp³-hybridized carbons (Fsp3) is 0.750. The molecule has 0 spiro atoms. The van der Waals surface area contributed by atoms with Crippen LogP contribution in [0.1, 0.15) is 52.3 Å². The number of anilines is 2. The van der Waals surface area contributed by atoms with Crippen molar-refractivity contribution in [1.82, 2.24) is 9.97 Å². The van der Waals surface area contributed by atoms with Gasteiger partial charge in [0, 0.05) is 25.6 Å². The lowest BCUT2D eigenvalue weighted by Gasteiger charge is -2.26. The first-order valence-corrected chi connectivity index (χ1v) is 8.07. The second kappa shape index (κ2) is 7.46. The van der Waals surface area contributed by atoms with E-state index in [0.717, 1.165) is 48.8 Å². The monoisotopic (exact) mass is 276 g/mol. The molecule has 0 radical (unpaired) electrons. The molecule has 1 aliphatic carbocycles. The van der Waals surface area contributed by atoms with Gasteiger partial charge in [-0.2, -0.15) is 0 Å². The summed E-state index contributed by atoms with van der Waals surface area (Å²) in [6.07, 6.45) is 6.31. The van der Waals surface area contributed by atoms with Crippen LogP contribution >= 0.6 is 0 Å². The largest absolute Gasteiger partial charge is 0.370 e. The number of nitrogens with one attached hydrogen (secondary N) is 2. The highest BCUT2D eigenvalue weighted by molar-refractivity contribution is 5.47. The molecular weight excluding hydrogens is 248 g/mol. The molecule has 0 amide bonds. The van der Waals surface area contributed by atoms with Gasteiger partial charge in [-0.25, -0.2) is 9.97 Å². The van der Waals surface area contributed by atoms with E-state index in [0.29, 0.717) is 0 Å². The number of rotatable bonds is 6. The molecular formula is C16H28N4. The van der Waals surface area contributed by atoms with Crippen LogP contribution in [0.3, 0.4) is 0 Å². The highest BCUT2D eigenvalue weighted by atomic mass is 15.1. The zero-order valence-electron chi connectivity index (χ0n) is 13.1. The van der Waals surface area contributed by atoms with Gasteiger partial charge >= 0.3 is 0 Å². The SMILES string of the molecule is CCNc1cc(NCC2CCC(C)CC2)nc(CC)n1. The lowest BCUT2D eigenvalue weighted by atomic mass is 9.83. The Balaban J connectivity index is 1.92. The van der Waals surface area contributed by atoms with Gasteiger partial charge in [-0.1, -0.05) is 26.7 Å². The van der Waals surface area contributed by atoms with Crippen LogP contribution in [0.5, 0.6) is 0 Å². The van der Waals surface area contributed by atoms with Crippen molar-refractivity contribution in [3.8, 4) is 0 Å². The third-order valence-corrected chi connectivity index (χ3v) is 4.15. The van der Waals surface area contributed by atoms with Gasteiger partial charge in [0.25, 0.3) is 0 Å². The summed E-state index contributed by atoms with van der Waals surface area (Å²) in [4.78, 5) is 9.06. The average molecular weight is 276 g/mol. The van der Waals surface area contributed by atoms with E-state index in [1.165, 1.54) is 25.7 Å². The maximum Gasteiger partial charge on any atom is 0.132 e. The van der Waals surface area contributed by atoms with Crippen LogP contribution in [-0.4, -0.2) is 23.1 Å². The lowest BCUT2D eigenvalue weighted by Crippen LogP contribution is -2.21. The average Bonchev–Trinajstić information content (AvgIpc) is 2.47. The smallest absolute Gasteiger partial charge is 0.132 e. The molecule has 0 atom stereocenters. The quantitative estimate of drug-likeness (QED) is 0.831. The Morgan fingerprint density at radius 3 is 2.30 bits per heavy atom. The molecule has 20 heavy (non-hydrogen) atoms. The summed E-state index contributed by atoms with van der Waals surface area (Å²) < 4.78 is 0. The number of aryl methyl sites for hydroxylation is 1. The zero-order valence-corrected chi connectivity index (χ0v) is 13.1. The maximum absolute atomic E-state index is 4.57. The Kier molecular flexibility index (Phi) is 5.62. The number of aromatic nitrogens is 2. The molecule has 0 aliphatic heterocycles. The molecule has 0 bridgehead atoms. The molecule has 1 fully saturated rings. The molecule has 112 valence electrons. The number of hydrogen-bond acceptors (Lipinski definition) is 4. The Hall–Kier alpha value is -1.32. The summed E-state index contributed by atoms with van der Waals surface area (Å²) in [5.41, 5.74) is 0. The molecule has 1 heterocycles. The first-order chi connectivity index (χ1) is 9.71. The van der Waals surface area contributed by atoms with E-state index in [2.05, 4.69) is 41.4 Å². The van der Waals surface area contributed by atoms with Crippen LogP contribution in [0.15, 0.2) is 6.07 Å². The van der Waals surface area contributed by atoms with E-state index >= 15 is 0 Å². The highest BCUT2D eigenvalue weighted by Crippen LogP contribution is 2.28. The second-order valence-corrected chi connectivity index (χ2v) is 5.95. The van der Waals surface area contributed by atoms with Crippen LogP contribution in [0.2, 0.25) is 0 Å². The fourth-order valence-electron chi connectivity index (χ4n) is 2.80. The van der Waals surface area contributed by atoms with Gasteiger partial charge in [0.15, 0.2) is 0 Å². The second-order valence-electron chi connectivity index (χ2n) is 5.95. The number of nitrogens with zero attached hydrogens (tertiary/aromatic N) is 2. The summed E-state index contributed by atoms with van der Waals surface area (Å²) in [6, 6.07) is 2.02. The van der Waals surface area contributed by atoms with E-state index in [4.69, 9.17) is 0 Å². The maximum atomic E-state index is 4.57. The van der Waals surface area contributed by atoms with Crippen molar-refractivity contribution >= 4 is 11.6 Å². The standard InChI is InChI=1S/C16H28N4/c1-4-14-19-15(17-5-2)10-16(20-14)18-11-13-8-6-12(3)7-9-13/h10,12-13H,4-9,11H2,1-3H3,(H2,17,18,19,20). The van der Waals surface area contributed by atoms with Gasteiger partial charge in [0.1, 0.15) is 17.5 Å². The Labute approximate surface area is 122 Å². The Bertz CT molecular complexity index is 411. The first-order valence-electron chi connectivity index (χ1n) is 8.07. The molecule has 0 aromatic carbocycles.